The quantitative estimate of drug-likeness (QED) is 0.793. The van der Waals surface area contributed by atoms with Crippen molar-refractivity contribution in [3.63, 3.8) is 0 Å². The maximum Gasteiger partial charge on any atom is 0.0224 e. The fourth-order valence-corrected chi connectivity index (χ4v) is 3.27. The maximum absolute atomic E-state index is 3.73. The van der Waals surface area contributed by atoms with Gasteiger partial charge in [0.2, 0.25) is 0 Å². The Labute approximate surface area is 101 Å². The molecule has 0 spiro atoms. The molecule has 1 aliphatic heterocycles. The molecule has 2 atom stereocenters. The van der Waals surface area contributed by atoms with Crippen LogP contribution in [0.5, 0.6) is 0 Å². The predicted molar refractivity (Wildman–Crippen MR) is 69.7 cm³/mol. The molecule has 0 amide bonds. The topological polar surface area (TPSA) is 15.3 Å². The molecular formula is C14H28N2. The van der Waals surface area contributed by atoms with Crippen LogP contribution < -0.4 is 5.32 Å². The molecule has 2 unspecified atom stereocenters. The molecule has 1 aliphatic carbocycles. The molecule has 0 radical (unpaired) electrons. The van der Waals surface area contributed by atoms with E-state index in [1.54, 1.807) is 0 Å². The van der Waals surface area contributed by atoms with Gasteiger partial charge in [-0.05, 0) is 38.5 Å². The molecule has 2 aliphatic rings. The van der Waals surface area contributed by atoms with Crippen molar-refractivity contribution in [2.24, 2.45) is 5.92 Å². The van der Waals surface area contributed by atoms with Gasteiger partial charge in [0.25, 0.3) is 0 Å². The number of hydrogen-bond donors (Lipinski definition) is 1. The molecule has 2 rings (SSSR count). The molecule has 0 aromatic heterocycles. The van der Waals surface area contributed by atoms with Gasteiger partial charge in [0.15, 0.2) is 0 Å². The van der Waals surface area contributed by atoms with E-state index in [9.17, 15) is 0 Å². The highest BCUT2D eigenvalue weighted by Crippen LogP contribution is 2.40. The zero-order chi connectivity index (χ0) is 11.8. The third-order valence-electron chi connectivity index (χ3n) is 4.85. The molecule has 2 fully saturated rings. The van der Waals surface area contributed by atoms with Gasteiger partial charge < -0.3 is 5.32 Å². The lowest BCUT2D eigenvalue weighted by Crippen LogP contribution is -2.66. The summed E-state index contributed by atoms with van der Waals surface area (Å²) in [5.74, 6) is 0.754. The summed E-state index contributed by atoms with van der Waals surface area (Å²) in [6.07, 6.45) is 5.54. The van der Waals surface area contributed by atoms with E-state index in [0.717, 1.165) is 12.0 Å². The predicted octanol–water partition coefficient (Wildman–Crippen LogP) is 2.64. The summed E-state index contributed by atoms with van der Waals surface area (Å²) < 4.78 is 0. The van der Waals surface area contributed by atoms with Gasteiger partial charge in [-0.25, -0.2) is 0 Å². The summed E-state index contributed by atoms with van der Waals surface area (Å²) in [7, 11) is 0. The van der Waals surface area contributed by atoms with E-state index in [-0.39, 0.29) is 0 Å². The molecule has 16 heavy (non-hydrogen) atoms. The maximum atomic E-state index is 3.73. The highest BCUT2D eigenvalue weighted by molar-refractivity contribution is 5.00. The molecule has 1 heterocycles. The van der Waals surface area contributed by atoms with E-state index >= 15 is 0 Å². The Hall–Kier alpha value is -0.0800. The first-order valence-electron chi connectivity index (χ1n) is 7.07. The zero-order valence-electron chi connectivity index (χ0n) is 11.4. The largest absolute Gasteiger partial charge is 0.311 e. The Morgan fingerprint density at radius 3 is 2.50 bits per heavy atom. The van der Waals surface area contributed by atoms with E-state index in [1.165, 1.54) is 38.8 Å². The summed E-state index contributed by atoms with van der Waals surface area (Å²) >= 11 is 0. The van der Waals surface area contributed by atoms with Crippen LogP contribution in [0.3, 0.4) is 0 Å². The minimum Gasteiger partial charge on any atom is -0.311 e. The van der Waals surface area contributed by atoms with Crippen LogP contribution in [0.4, 0.5) is 0 Å². The van der Waals surface area contributed by atoms with Gasteiger partial charge in [-0.3, -0.25) is 4.90 Å². The second-order valence-corrected chi connectivity index (χ2v) is 6.32. The lowest BCUT2D eigenvalue weighted by Gasteiger charge is -2.55. The smallest absolute Gasteiger partial charge is 0.0224 e. The van der Waals surface area contributed by atoms with Crippen molar-refractivity contribution >= 4 is 0 Å². The third kappa shape index (κ3) is 2.14. The third-order valence-corrected chi connectivity index (χ3v) is 4.85. The van der Waals surface area contributed by atoms with Gasteiger partial charge in [-0.2, -0.15) is 0 Å². The summed E-state index contributed by atoms with van der Waals surface area (Å²) in [5, 5.41) is 3.73. The van der Waals surface area contributed by atoms with Crippen LogP contribution >= 0.6 is 0 Å². The van der Waals surface area contributed by atoms with Crippen LogP contribution in [0.15, 0.2) is 0 Å². The second-order valence-electron chi connectivity index (χ2n) is 6.32. The van der Waals surface area contributed by atoms with Crippen molar-refractivity contribution in [2.45, 2.75) is 71.0 Å². The Bertz CT molecular complexity index is 233. The van der Waals surface area contributed by atoms with Crippen molar-refractivity contribution < 1.29 is 0 Å². The molecular weight excluding hydrogens is 196 g/mol. The Morgan fingerprint density at radius 1 is 1.38 bits per heavy atom. The van der Waals surface area contributed by atoms with Crippen LogP contribution in [0.25, 0.3) is 0 Å². The molecule has 0 aromatic carbocycles. The van der Waals surface area contributed by atoms with Crippen LogP contribution in [-0.4, -0.2) is 35.6 Å². The first-order valence-corrected chi connectivity index (χ1v) is 7.07. The van der Waals surface area contributed by atoms with E-state index in [4.69, 9.17) is 0 Å². The van der Waals surface area contributed by atoms with Crippen LogP contribution in [0.1, 0.15) is 53.4 Å². The Balaban J connectivity index is 2.05. The zero-order valence-corrected chi connectivity index (χ0v) is 11.4. The molecule has 94 valence electrons. The van der Waals surface area contributed by atoms with Gasteiger partial charge in [0.05, 0.1) is 0 Å². The molecule has 0 aromatic rings. The molecule has 2 heteroatoms. The van der Waals surface area contributed by atoms with E-state index in [0.29, 0.717) is 11.6 Å². The van der Waals surface area contributed by atoms with Crippen molar-refractivity contribution in [2.75, 3.05) is 13.1 Å². The fraction of sp³-hybridized carbons (Fsp3) is 1.00. The van der Waals surface area contributed by atoms with Gasteiger partial charge >= 0.3 is 0 Å². The number of rotatable bonds is 3. The number of nitrogens with one attached hydrogen (secondary N) is 1. The second kappa shape index (κ2) is 4.66. The molecule has 1 saturated carbocycles. The summed E-state index contributed by atoms with van der Waals surface area (Å²) in [5.41, 5.74) is 0.524. The standard InChI is InChI=1S/C14H28N2/c1-5-12-9-15-13(11(2)3)10-16(12)14(4)7-6-8-14/h11-13,15H,5-10H2,1-4H3. The van der Waals surface area contributed by atoms with Crippen molar-refractivity contribution in [1.82, 2.24) is 10.2 Å². The average Bonchev–Trinajstić information content (AvgIpc) is 2.25. The molecule has 1 N–H and O–H groups in total. The molecule has 2 nitrogen and oxygen atoms in total. The van der Waals surface area contributed by atoms with Crippen LogP contribution in [0.2, 0.25) is 0 Å². The first-order chi connectivity index (χ1) is 7.57. The van der Waals surface area contributed by atoms with Gasteiger partial charge in [-0.1, -0.05) is 20.8 Å². The number of nitrogens with zero attached hydrogens (tertiary/aromatic N) is 1. The highest BCUT2D eigenvalue weighted by atomic mass is 15.3. The molecule has 0 bridgehead atoms. The Morgan fingerprint density at radius 2 is 2.06 bits per heavy atom. The molecule has 1 saturated heterocycles. The first kappa shape index (κ1) is 12.4. The van der Waals surface area contributed by atoms with Gasteiger partial charge in [-0.15, -0.1) is 0 Å². The highest BCUT2D eigenvalue weighted by Gasteiger charge is 2.43. The van der Waals surface area contributed by atoms with E-state index in [1.807, 2.05) is 0 Å². The van der Waals surface area contributed by atoms with Crippen LogP contribution in [0, 0.1) is 5.92 Å². The summed E-state index contributed by atoms with van der Waals surface area (Å²) in [6, 6.07) is 1.46. The summed E-state index contributed by atoms with van der Waals surface area (Å²) in [6.45, 7) is 11.9. The van der Waals surface area contributed by atoms with Crippen molar-refractivity contribution in [3.05, 3.63) is 0 Å². The van der Waals surface area contributed by atoms with E-state index in [2.05, 4.69) is 37.9 Å². The fourth-order valence-electron chi connectivity index (χ4n) is 3.27. The van der Waals surface area contributed by atoms with Crippen molar-refractivity contribution in [3.8, 4) is 0 Å². The minimum absolute atomic E-state index is 0.524. The van der Waals surface area contributed by atoms with Gasteiger partial charge in [0, 0.05) is 30.7 Å². The van der Waals surface area contributed by atoms with Crippen molar-refractivity contribution in [1.29, 1.82) is 0 Å². The number of piperazine rings is 1. The Kier molecular flexibility index (Phi) is 3.60. The lowest BCUT2D eigenvalue weighted by molar-refractivity contribution is -0.0345. The van der Waals surface area contributed by atoms with E-state index < -0.39 is 0 Å². The average molecular weight is 224 g/mol. The van der Waals surface area contributed by atoms with Gasteiger partial charge in [0.1, 0.15) is 0 Å². The monoisotopic (exact) mass is 224 g/mol. The lowest BCUT2D eigenvalue weighted by atomic mass is 9.75. The normalized spacial score (nSPS) is 35.1. The summed E-state index contributed by atoms with van der Waals surface area (Å²) in [4.78, 5) is 2.82. The van der Waals surface area contributed by atoms with Crippen LogP contribution in [-0.2, 0) is 0 Å². The SMILES string of the molecule is CCC1CNC(C(C)C)CN1C1(C)CCC1. The number of hydrogen-bond acceptors (Lipinski definition) is 2. The minimum atomic E-state index is 0.524.